The highest BCUT2D eigenvalue weighted by Gasteiger charge is 2.33. The van der Waals surface area contributed by atoms with Crippen molar-refractivity contribution in [1.82, 2.24) is 0 Å². The third-order valence-corrected chi connectivity index (χ3v) is 6.47. The number of hydrogen-bond acceptors (Lipinski definition) is 2. The first kappa shape index (κ1) is 26.3. The van der Waals surface area contributed by atoms with Crippen LogP contribution in [0.1, 0.15) is 129 Å². The number of benzene rings is 2. The number of hydrogen-bond donors (Lipinski definition) is 2. The van der Waals surface area contributed by atoms with Crippen molar-refractivity contribution in [3.63, 3.8) is 0 Å². The normalized spacial score (nSPS) is 13.7. The molecule has 0 saturated heterocycles. The molecule has 0 unspecified atom stereocenters. The van der Waals surface area contributed by atoms with Gasteiger partial charge in [0.1, 0.15) is 11.5 Å². The summed E-state index contributed by atoms with van der Waals surface area (Å²) in [5.74, 6) is 0.572. The molecule has 32 heavy (non-hydrogen) atoms. The van der Waals surface area contributed by atoms with E-state index in [1.807, 2.05) is 12.1 Å². The van der Waals surface area contributed by atoms with Crippen molar-refractivity contribution in [3.8, 4) is 11.5 Å². The van der Waals surface area contributed by atoms with E-state index in [0.717, 1.165) is 22.3 Å². The zero-order valence-corrected chi connectivity index (χ0v) is 22.8. The molecule has 0 fully saturated rings. The summed E-state index contributed by atoms with van der Waals surface area (Å²) in [6.45, 7) is 28.1. The lowest BCUT2D eigenvalue weighted by Crippen LogP contribution is -2.23. The Labute approximate surface area is 197 Å². The molecule has 0 heterocycles. The molecule has 0 atom stereocenters. The molecule has 0 aromatic heterocycles. The van der Waals surface area contributed by atoms with Gasteiger partial charge in [0.15, 0.2) is 0 Å². The average molecular weight is 439 g/mol. The molecule has 0 radical (unpaired) electrons. The van der Waals surface area contributed by atoms with Crippen molar-refractivity contribution in [3.05, 3.63) is 57.6 Å². The van der Waals surface area contributed by atoms with Crippen LogP contribution in [0.15, 0.2) is 24.3 Å². The predicted octanol–water partition coefficient (Wildman–Crippen LogP) is 8.44. The van der Waals surface area contributed by atoms with E-state index in [0.29, 0.717) is 11.5 Å². The highest BCUT2D eigenvalue weighted by Crippen LogP contribution is 2.48. The molecule has 0 amide bonds. The lowest BCUT2D eigenvalue weighted by molar-refractivity contribution is 0.420. The first-order chi connectivity index (χ1) is 14.2. The minimum Gasteiger partial charge on any atom is -0.507 e. The van der Waals surface area contributed by atoms with Crippen LogP contribution >= 0.6 is 0 Å². The molecule has 0 saturated carbocycles. The first-order valence-corrected chi connectivity index (χ1v) is 11.9. The third kappa shape index (κ3) is 5.00. The van der Waals surface area contributed by atoms with E-state index in [2.05, 4.69) is 102 Å². The molecular formula is C30H46O2. The fourth-order valence-electron chi connectivity index (χ4n) is 4.85. The molecule has 0 bridgehead atoms. The second-order valence-electron chi connectivity index (χ2n) is 13.6. The van der Waals surface area contributed by atoms with Gasteiger partial charge < -0.3 is 10.2 Å². The maximum atomic E-state index is 11.5. The Morgan fingerprint density at radius 3 is 1.00 bits per heavy atom. The van der Waals surface area contributed by atoms with Crippen LogP contribution in [-0.4, -0.2) is 10.2 Å². The van der Waals surface area contributed by atoms with Crippen molar-refractivity contribution in [1.29, 1.82) is 0 Å². The Morgan fingerprint density at radius 2 is 0.781 bits per heavy atom. The van der Waals surface area contributed by atoms with Crippen LogP contribution in [0, 0.1) is 0 Å². The summed E-state index contributed by atoms with van der Waals surface area (Å²) in [6.07, 6.45) is 0. The van der Waals surface area contributed by atoms with Crippen LogP contribution in [0.2, 0.25) is 0 Å². The van der Waals surface area contributed by atoms with Gasteiger partial charge in [0.2, 0.25) is 0 Å². The maximum absolute atomic E-state index is 11.5. The molecule has 2 heteroatoms. The summed E-state index contributed by atoms with van der Waals surface area (Å²) >= 11 is 0. The lowest BCUT2D eigenvalue weighted by atomic mass is 9.71. The molecule has 2 aromatic carbocycles. The van der Waals surface area contributed by atoms with Crippen molar-refractivity contribution < 1.29 is 10.2 Å². The fourth-order valence-corrected chi connectivity index (χ4v) is 4.85. The van der Waals surface area contributed by atoms with E-state index >= 15 is 0 Å². The Hall–Kier alpha value is -1.96. The van der Waals surface area contributed by atoms with Crippen molar-refractivity contribution in [2.24, 2.45) is 0 Å². The van der Waals surface area contributed by atoms with Crippen LogP contribution in [0.4, 0.5) is 0 Å². The largest absolute Gasteiger partial charge is 0.507 e. The van der Waals surface area contributed by atoms with Gasteiger partial charge in [-0.15, -0.1) is 0 Å². The Bertz CT molecular complexity index is 902. The fraction of sp³-hybridized carbons (Fsp3) is 0.600. The van der Waals surface area contributed by atoms with Gasteiger partial charge in [0.05, 0.1) is 0 Å². The molecule has 2 aromatic rings. The van der Waals surface area contributed by atoms with E-state index in [9.17, 15) is 10.2 Å². The Kier molecular flexibility index (Phi) is 6.67. The topological polar surface area (TPSA) is 40.5 Å². The lowest BCUT2D eigenvalue weighted by Gasteiger charge is -2.34. The zero-order chi connectivity index (χ0) is 25.0. The molecule has 178 valence electrons. The number of phenolic OH excluding ortho intramolecular Hbond substituents is 2. The molecule has 0 aliphatic rings. The molecule has 0 spiro atoms. The van der Waals surface area contributed by atoms with Crippen LogP contribution in [0.3, 0.4) is 0 Å². The second-order valence-corrected chi connectivity index (χ2v) is 13.6. The van der Waals surface area contributed by atoms with Gasteiger partial charge in [-0.3, -0.25) is 0 Å². The minimum atomic E-state index is -0.197. The number of aromatic hydroxyl groups is 2. The highest BCUT2D eigenvalue weighted by molar-refractivity contribution is 5.58. The van der Waals surface area contributed by atoms with E-state index in [-0.39, 0.29) is 27.6 Å². The summed E-state index contributed by atoms with van der Waals surface area (Å²) < 4.78 is 0. The molecule has 2 nitrogen and oxygen atoms in total. The predicted molar refractivity (Wildman–Crippen MR) is 139 cm³/mol. The van der Waals surface area contributed by atoms with Crippen molar-refractivity contribution in [2.45, 2.75) is 118 Å². The molecule has 0 aliphatic carbocycles. The standard InChI is InChI=1S/C30H46O2/c1-18(19-14-16-21(27(2,3)4)23(25(19)31)29(8,9)10)20-15-17-22(28(5,6)7)24(26(20)32)30(11,12)13/h14-18,31-32H,1-13H3. The van der Waals surface area contributed by atoms with Gasteiger partial charge in [-0.2, -0.15) is 0 Å². The SMILES string of the molecule is CC(c1ccc(C(C)(C)C)c(C(C)(C)C)c1O)c1ccc(C(C)(C)C)c(C(C)(C)C)c1O. The van der Waals surface area contributed by atoms with Crippen LogP contribution in [-0.2, 0) is 21.7 Å². The van der Waals surface area contributed by atoms with Gasteiger partial charge in [0.25, 0.3) is 0 Å². The zero-order valence-electron chi connectivity index (χ0n) is 22.8. The Balaban J connectivity index is 2.81. The Morgan fingerprint density at radius 1 is 0.500 bits per heavy atom. The van der Waals surface area contributed by atoms with Crippen LogP contribution < -0.4 is 0 Å². The van der Waals surface area contributed by atoms with Gasteiger partial charge in [0, 0.05) is 28.2 Å². The minimum absolute atomic E-state index is 0.0717. The third-order valence-electron chi connectivity index (χ3n) is 6.47. The van der Waals surface area contributed by atoms with E-state index in [4.69, 9.17) is 0 Å². The molecule has 2 rings (SSSR count). The monoisotopic (exact) mass is 438 g/mol. The quantitative estimate of drug-likeness (QED) is 0.494. The molecule has 0 aliphatic heterocycles. The summed E-state index contributed by atoms with van der Waals surface area (Å²) in [4.78, 5) is 0. The highest BCUT2D eigenvalue weighted by atomic mass is 16.3. The smallest absolute Gasteiger partial charge is 0.123 e. The second kappa shape index (κ2) is 8.12. The summed E-state index contributed by atoms with van der Waals surface area (Å²) in [7, 11) is 0. The number of rotatable bonds is 2. The molecular weight excluding hydrogens is 392 g/mol. The summed E-state index contributed by atoms with van der Waals surface area (Å²) in [5.41, 5.74) is 5.52. The average Bonchev–Trinajstić information content (AvgIpc) is 2.56. The molecule has 2 N–H and O–H groups in total. The first-order valence-electron chi connectivity index (χ1n) is 11.9. The summed E-state index contributed by atoms with van der Waals surface area (Å²) in [6, 6.07) is 8.42. The van der Waals surface area contributed by atoms with E-state index in [1.54, 1.807) is 0 Å². The van der Waals surface area contributed by atoms with E-state index < -0.39 is 0 Å². The van der Waals surface area contributed by atoms with Crippen LogP contribution in [0.5, 0.6) is 11.5 Å². The maximum Gasteiger partial charge on any atom is 0.123 e. The van der Waals surface area contributed by atoms with Crippen LogP contribution in [0.25, 0.3) is 0 Å². The van der Waals surface area contributed by atoms with Gasteiger partial charge in [-0.1, -0.05) is 114 Å². The van der Waals surface area contributed by atoms with Crippen molar-refractivity contribution in [2.75, 3.05) is 0 Å². The number of phenols is 2. The van der Waals surface area contributed by atoms with E-state index in [1.165, 1.54) is 11.1 Å². The van der Waals surface area contributed by atoms with Gasteiger partial charge in [-0.25, -0.2) is 0 Å². The van der Waals surface area contributed by atoms with Gasteiger partial charge in [-0.05, 0) is 32.8 Å². The van der Waals surface area contributed by atoms with Crippen molar-refractivity contribution >= 4 is 0 Å². The summed E-state index contributed by atoms with van der Waals surface area (Å²) in [5, 5.41) is 23.0. The van der Waals surface area contributed by atoms with Gasteiger partial charge >= 0.3 is 0 Å².